The molecular formula is C16H18ClNO. The number of aliphatic hydroxyl groups excluding tert-OH is 1. The van der Waals surface area contributed by atoms with Crippen LogP contribution in [0, 0.1) is 13.8 Å². The molecule has 0 aliphatic rings. The van der Waals surface area contributed by atoms with Crippen LogP contribution < -0.4 is 5.32 Å². The van der Waals surface area contributed by atoms with Crippen molar-refractivity contribution < 1.29 is 5.11 Å². The molecule has 0 saturated carbocycles. The lowest BCUT2D eigenvalue weighted by molar-refractivity contribution is 0.191. The van der Waals surface area contributed by atoms with E-state index in [1.54, 1.807) is 0 Å². The Morgan fingerprint density at radius 2 is 1.89 bits per heavy atom. The summed E-state index contributed by atoms with van der Waals surface area (Å²) in [4.78, 5) is 0. The maximum atomic E-state index is 10.2. The van der Waals surface area contributed by atoms with Gasteiger partial charge in [-0.3, -0.25) is 0 Å². The summed E-state index contributed by atoms with van der Waals surface area (Å²) >= 11 is 5.91. The van der Waals surface area contributed by atoms with E-state index in [9.17, 15) is 5.11 Å². The van der Waals surface area contributed by atoms with E-state index in [2.05, 4.69) is 19.2 Å². The van der Waals surface area contributed by atoms with Crippen molar-refractivity contribution in [3.63, 3.8) is 0 Å². The summed E-state index contributed by atoms with van der Waals surface area (Å²) in [5, 5.41) is 14.0. The molecule has 0 aromatic heterocycles. The van der Waals surface area contributed by atoms with E-state index in [0.717, 1.165) is 11.3 Å². The molecule has 0 fully saturated rings. The van der Waals surface area contributed by atoms with E-state index in [1.807, 2.05) is 42.5 Å². The Morgan fingerprint density at radius 3 is 2.58 bits per heavy atom. The number of rotatable bonds is 4. The van der Waals surface area contributed by atoms with E-state index < -0.39 is 6.10 Å². The molecule has 2 aromatic rings. The maximum absolute atomic E-state index is 10.2. The lowest BCUT2D eigenvalue weighted by Crippen LogP contribution is -2.12. The molecule has 0 spiro atoms. The normalized spacial score (nSPS) is 12.2. The van der Waals surface area contributed by atoms with Crippen LogP contribution in [0.1, 0.15) is 22.8 Å². The SMILES string of the molecule is Cc1ccc(C(O)CNc2cccc(Cl)c2)cc1C. The number of hydrogen-bond acceptors (Lipinski definition) is 2. The zero-order valence-electron chi connectivity index (χ0n) is 11.2. The average molecular weight is 276 g/mol. The fraction of sp³-hybridized carbons (Fsp3) is 0.250. The van der Waals surface area contributed by atoms with Crippen molar-refractivity contribution in [1.82, 2.24) is 0 Å². The third-order valence-corrected chi connectivity index (χ3v) is 3.47. The highest BCUT2D eigenvalue weighted by Crippen LogP contribution is 2.19. The highest BCUT2D eigenvalue weighted by atomic mass is 35.5. The van der Waals surface area contributed by atoms with Gasteiger partial charge in [-0.1, -0.05) is 35.9 Å². The quantitative estimate of drug-likeness (QED) is 0.880. The molecule has 0 aliphatic carbocycles. The first-order valence-corrected chi connectivity index (χ1v) is 6.69. The summed E-state index contributed by atoms with van der Waals surface area (Å²) < 4.78 is 0. The number of anilines is 1. The summed E-state index contributed by atoms with van der Waals surface area (Å²) in [6.07, 6.45) is -0.529. The van der Waals surface area contributed by atoms with Crippen molar-refractivity contribution in [3.05, 3.63) is 64.2 Å². The number of nitrogens with one attached hydrogen (secondary N) is 1. The van der Waals surface area contributed by atoms with Gasteiger partial charge in [0.2, 0.25) is 0 Å². The molecule has 3 heteroatoms. The first-order chi connectivity index (χ1) is 9.06. The number of halogens is 1. The molecule has 2 nitrogen and oxygen atoms in total. The van der Waals surface area contributed by atoms with Gasteiger partial charge in [0.1, 0.15) is 0 Å². The van der Waals surface area contributed by atoms with Gasteiger partial charge in [-0.25, -0.2) is 0 Å². The second-order valence-corrected chi connectivity index (χ2v) is 5.19. The molecule has 1 atom stereocenters. The minimum atomic E-state index is -0.529. The van der Waals surface area contributed by atoms with Crippen molar-refractivity contribution in [2.45, 2.75) is 20.0 Å². The van der Waals surface area contributed by atoms with Gasteiger partial charge in [-0.15, -0.1) is 0 Å². The van der Waals surface area contributed by atoms with Crippen molar-refractivity contribution in [2.24, 2.45) is 0 Å². The average Bonchev–Trinajstić information content (AvgIpc) is 2.39. The molecule has 0 heterocycles. The lowest BCUT2D eigenvalue weighted by atomic mass is 10.0. The van der Waals surface area contributed by atoms with Crippen LogP contribution in [0.15, 0.2) is 42.5 Å². The monoisotopic (exact) mass is 275 g/mol. The Bertz CT molecular complexity index is 568. The Morgan fingerprint density at radius 1 is 1.11 bits per heavy atom. The van der Waals surface area contributed by atoms with Gasteiger partial charge < -0.3 is 10.4 Å². The fourth-order valence-electron chi connectivity index (χ4n) is 1.90. The third kappa shape index (κ3) is 3.72. The fourth-order valence-corrected chi connectivity index (χ4v) is 2.09. The van der Waals surface area contributed by atoms with Gasteiger partial charge in [0, 0.05) is 17.3 Å². The van der Waals surface area contributed by atoms with E-state index in [-0.39, 0.29) is 0 Å². The number of aryl methyl sites for hydroxylation is 2. The lowest BCUT2D eigenvalue weighted by Gasteiger charge is -2.14. The standard InChI is InChI=1S/C16H18ClNO/c1-11-6-7-13(8-12(11)2)16(19)10-18-15-5-3-4-14(17)9-15/h3-9,16,18-19H,10H2,1-2H3. The zero-order chi connectivity index (χ0) is 13.8. The van der Waals surface area contributed by atoms with E-state index in [1.165, 1.54) is 11.1 Å². The number of aliphatic hydroxyl groups is 1. The first kappa shape index (κ1) is 13.9. The largest absolute Gasteiger partial charge is 0.387 e. The highest BCUT2D eigenvalue weighted by Gasteiger charge is 2.08. The van der Waals surface area contributed by atoms with Crippen LogP contribution in [0.3, 0.4) is 0 Å². The molecule has 0 radical (unpaired) electrons. The van der Waals surface area contributed by atoms with Crippen LogP contribution in [0.5, 0.6) is 0 Å². The Hall–Kier alpha value is -1.51. The van der Waals surface area contributed by atoms with E-state index in [0.29, 0.717) is 11.6 Å². The predicted molar refractivity (Wildman–Crippen MR) is 80.8 cm³/mol. The topological polar surface area (TPSA) is 32.3 Å². The molecule has 0 saturated heterocycles. The summed E-state index contributed by atoms with van der Waals surface area (Å²) in [6.45, 7) is 4.58. The molecule has 2 aromatic carbocycles. The molecule has 2 N–H and O–H groups in total. The van der Waals surface area contributed by atoms with Crippen LogP contribution in [0.4, 0.5) is 5.69 Å². The number of hydrogen-bond donors (Lipinski definition) is 2. The van der Waals surface area contributed by atoms with Crippen molar-refractivity contribution in [3.8, 4) is 0 Å². The van der Waals surface area contributed by atoms with Gasteiger partial charge >= 0.3 is 0 Å². The second kappa shape index (κ2) is 6.09. The maximum Gasteiger partial charge on any atom is 0.0962 e. The molecule has 100 valence electrons. The zero-order valence-corrected chi connectivity index (χ0v) is 11.9. The molecule has 2 rings (SSSR count). The van der Waals surface area contributed by atoms with Gasteiger partial charge in [-0.05, 0) is 48.7 Å². The summed E-state index contributed by atoms with van der Waals surface area (Å²) in [6, 6.07) is 13.5. The highest BCUT2D eigenvalue weighted by molar-refractivity contribution is 6.30. The van der Waals surface area contributed by atoms with Crippen LogP contribution in [0.25, 0.3) is 0 Å². The van der Waals surface area contributed by atoms with E-state index >= 15 is 0 Å². The van der Waals surface area contributed by atoms with E-state index in [4.69, 9.17) is 11.6 Å². The third-order valence-electron chi connectivity index (χ3n) is 3.24. The molecule has 0 bridgehead atoms. The smallest absolute Gasteiger partial charge is 0.0962 e. The van der Waals surface area contributed by atoms with Crippen LogP contribution in [0.2, 0.25) is 5.02 Å². The summed E-state index contributed by atoms with van der Waals surface area (Å²) in [5.41, 5.74) is 4.27. The van der Waals surface area contributed by atoms with Gasteiger partial charge in [0.15, 0.2) is 0 Å². The first-order valence-electron chi connectivity index (χ1n) is 6.31. The Kier molecular flexibility index (Phi) is 4.46. The van der Waals surface area contributed by atoms with Gasteiger partial charge in [-0.2, -0.15) is 0 Å². The molecular weight excluding hydrogens is 258 g/mol. The minimum Gasteiger partial charge on any atom is -0.387 e. The van der Waals surface area contributed by atoms with Gasteiger partial charge in [0.25, 0.3) is 0 Å². The van der Waals surface area contributed by atoms with Crippen molar-refractivity contribution in [2.75, 3.05) is 11.9 Å². The summed E-state index contributed by atoms with van der Waals surface area (Å²) in [5.74, 6) is 0. The molecule has 1 unspecified atom stereocenters. The van der Waals surface area contributed by atoms with Crippen molar-refractivity contribution >= 4 is 17.3 Å². The molecule has 0 amide bonds. The van der Waals surface area contributed by atoms with Crippen LogP contribution in [-0.4, -0.2) is 11.7 Å². The Balaban J connectivity index is 2.01. The van der Waals surface area contributed by atoms with Crippen molar-refractivity contribution in [1.29, 1.82) is 0 Å². The predicted octanol–water partition coefficient (Wildman–Crippen LogP) is 4.10. The molecule has 0 aliphatic heterocycles. The Labute approximate surface area is 119 Å². The minimum absolute atomic E-state index is 0.461. The van der Waals surface area contributed by atoms with Crippen LogP contribution >= 0.6 is 11.6 Å². The van der Waals surface area contributed by atoms with Gasteiger partial charge in [0.05, 0.1) is 6.10 Å². The second-order valence-electron chi connectivity index (χ2n) is 4.75. The number of benzene rings is 2. The summed E-state index contributed by atoms with van der Waals surface area (Å²) in [7, 11) is 0. The van der Waals surface area contributed by atoms with Crippen LogP contribution in [-0.2, 0) is 0 Å². The molecule has 19 heavy (non-hydrogen) atoms.